The van der Waals surface area contributed by atoms with Crippen LogP contribution >= 0.6 is 0 Å². The Kier molecular flexibility index (Phi) is 5.85. The summed E-state index contributed by atoms with van der Waals surface area (Å²) in [5.41, 5.74) is 6.65. The van der Waals surface area contributed by atoms with E-state index in [-0.39, 0.29) is 11.5 Å². The number of aryl methyl sites for hydroxylation is 1. The van der Waals surface area contributed by atoms with Gasteiger partial charge in [0.2, 0.25) is 0 Å². The van der Waals surface area contributed by atoms with Crippen LogP contribution in [0.1, 0.15) is 64.9 Å². The molecule has 0 aliphatic heterocycles. The van der Waals surface area contributed by atoms with Gasteiger partial charge in [0, 0.05) is 12.0 Å². The first-order valence-electron chi connectivity index (χ1n) is 9.72. The number of benzene rings is 2. The summed E-state index contributed by atoms with van der Waals surface area (Å²) in [6.07, 6.45) is 5.00. The van der Waals surface area contributed by atoms with E-state index in [2.05, 4.69) is 19.1 Å². The summed E-state index contributed by atoms with van der Waals surface area (Å²) in [7, 11) is -3.13. The van der Waals surface area contributed by atoms with Crippen molar-refractivity contribution < 1.29 is 13.2 Å². The normalized spacial score (nSPS) is 14.2. The van der Waals surface area contributed by atoms with E-state index < -0.39 is 15.1 Å². The summed E-state index contributed by atoms with van der Waals surface area (Å²) in [5, 5.41) is -0.397. The van der Waals surface area contributed by atoms with Crippen LogP contribution < -0.4 is 0 Å². The summed E-state index contributed by atoms with van der Waals surface area (Å²) in [5.74, 6) is 0.106. The molecular weight excluding hydrogens is 356 g/mol. The van der Waals surface area contributed by atoms with Crippen molar-refractivity contribution in [3.05, 3.63) is 69.8 Å². The molecule has 2 aromatic rings. The van der Waals surface area contributed by atoms with Crippen molar-refractivity contribution in [2.75, 3.05) is 0 Å². The van der Waals surface area contributed by atoms with Gasteiger partial charge in [0.1, 0.15) is 0 Å². The summed E-state index contributed by atoms with van der Waals surface area (Å²) < 4.78 is 24.1. The summed E-state index contributed by atoms with van der Waals surface area (Å²) in [6, 6.07) is 11.3. The predicted octanol–water partition coefficient (Wildman–Crippen LogP) is 4.62. The lowest BCUT2D eigenvalue weighted by molar-refractivity contribution is 0.0992. The zero-order chi connectivity index (χ0) is 19.6. The molecule has 0 fully saturated rings. The van der Waals surface area contributed by atoms with Gasteiger partial charge in [-0.05, 0) is 74.3 Å². The number of hydrogen-bond donors (Lipinski definition) is 0. The van der Waals surface area contributed by atoms with E-state index in [1.807, 2.05) is 0 Å². The standard InChI is InChI=1S/C23H28O3S/c1-16(2)27(25,26)15-18-9-12-19(13-10-18)23(24)14-20-11-8-17(3)21-6-4-5-7-22(20)21/h8-13,16H,4-7,14-15H2,1-3H3. The Morgan fingerprint density at radius 1 is 0.963 bits per heavy atom. The lowest BCUT2D eigenvalue weighted by atomic mass is 9.84. The predicted molar refractivity (Wildman–Crippen MR) is 110 cm³/mol. The minimum atomic E-state index is -3.13. The molecule has 3 nitrogen and oxygen atoms in total. The van der Waals surface area contributed by atoms with Gasteiger partial charge in [0.15, 0.2) is 15.6 Å². The maximum Gasteiger partial charge on any atom is 0.167 e. The monoisotopic (exact) mass is 384 g/mol. The van der Waals surface area contributed by atoms with E-state index in [1.54, 1.807) is 38.1 Å². The molecular formula is C23H28O3S. The van der Waals surface area contributed by atoms with Crippen LogP contribution in [0.5, 0.6) is 0 Å². The molecule has 0 aromatic heterocycles. The summed E-state index contributed by atoms with van der Waals surface area (Å²) in [6.45, 7) is 5.53. The number of fused-ring (bicyclic) bond motifs is 1. The van der Waals surface area contributed by atoms with Gasteiger partial charge in [0.05, 0.1) is 11.0 Å². The second-order valence-corrected chi connectivity index (χ2v) is 10.4. The van der Waals surface area contributed by atoms with Crippen molar-refractivity contribution in [3.8, 4) is 0 Å². The molecule has 27 heavy (non-hydrogen) atoms. The smallest absolute Gasteiger partial charge is 0.167 e. The first-order chi connectivity index (χ1) is 12.8. The number of hydrogen-bond acceptors (Lipinski definition) is 3. The van der Waals surface area contributed by atoms with E-state index in [0.717, 1.165) is 24.0 Å². The van der Waals surface area contributed by atoms with Crippen LogP contribution in [0.4, 0.5) is 0 Å². The molecule has 0 unspecified atom stereocenters. The molecule has 0 bridgehead atoms. The topological polar surface area (TPSA) is 51.2 Å². The van der Waals surface area contributed by atoms with Crippen LogP contribution in [-0.4, -0.2) is 19.5 Å². The highest BCUT2D eigenvalue weighted by Gasteiger charge is 2.19. The van der Waals surface area contributed by atoms with Crippen LogP contribution in [0.2, 0.25) is 0 Å². The van der Waals surface area contributed by atoms with Gasteiger partial charge in [-0.2, -0.15) is 0 Å². The van der Waals surface area contributed by atoms with Crippen LogP contribution in [0.15, 0.2) is 36.4 Å². The second kappa shape index (κ2) is 7.97. The van der Waals surface area contributed by atoms with Gasteiger partial charge < -0.3 is 0 Å². The van der Waals surface area contributed by atoms with Gasteiger partial charge in [-0.25, -0.2) is 8.42 Å². The molecule has 0 atom stereocenters. The molecule has 0 heterocycles. The molecule has 1 aliphatic carbocycles. The van der Waals surface area contributed by atoms with Crippen molar-refractivity contribution >= 4 is 15.6 Å². The van der Waals surface area contributed by atoms with E-state index in [9.17, 15) is 13.2 Å². The quantitative estimate of drug-likeness (QED) is 0.683. The third-order valence-corrected chi connectivity index (χ3v) is 7.75. The Hall–Kier alpha value is -1.94. The first kappa shape index (κ1) is 19.8. The lowest BCUT2D eigenvalue weighted by Gasteiger charge is -2.21. The zero-order valence-electron chi connectivity index (χ0n) is 16.4. The molecule has 0 amide bonds. The maximum atomic E-state index is 12.8. The Labute approximate surface area is 162 Å². The molecule has 0 saturated heterocycles. The van der Waals surface area contributed by atoms with Crippen molar-refractivity contribution in [1.82, 2.24) is 0 Å². The van der Waals surface area contributed by atoms with E-state index in [0.29, 0.717) is 12.0 Å². The highest BCUT2D eigenvalue weighted by Crippen LogP contribution is 2.28. The minimum absolute atomic E-state index is 0.0185. The minimum Gasteiger partial charge on any atom is -0.294 e. The van der Waals surface area contributed by atoms with E-state index in [4.69, 9.17) is 0 Å². The average Bonchev–Trinajstić information content (AvgIpc) is 2.64. The molecule has 0 radical (unpaired) electrons. The van der Waals surface area contributed by atoms with Crippen molar-refractivity contribution in [3.63, 3.8) is 0 Å². The fourth-order valence-electron chi connectivity index (χ4n) is 3.75. The van der Waals surface area contributed by atoms with E-state index >= 15 is 0 Å². The number of ketones is 1. The first-order valence-corrected chi connectivity index (χ1v) is 11.4. The molecule has 0 N–H and O–H groups in total. The Bertz CT molecular complexity index is 938. The van der Waals surface area contributed by atoms with Gasteiger partial charge in [-0.15, -0.1) is 0 Å². The Morgan fingerprint density at radius 3 is 2.22 bits per heavy atom. The summed E-state index contributed by atoms with van der Waals surface area (Å²) >= 11 is 0. The molecule has 144 valence electrons. The molecule has 1 aliphatic rings. The van der Waals surface area contributed by atoms with Gasteiger partial charge in [-0.1, -0.05) is 36.4 Å². The maximum absolute atomic E-state index is 12.8. The molecule has 2 aromatic carbocycles. The summed E-state index contributed by atoms with van der Waals surface area (Å²) in [4.78, 5) is 12.8. The highest BCUT2D eigenvalue weighted by atomic mass is 32.2. The molecule has 4 heteroatoms. The molecule has 3 rings (SSSR count). The van der Waals surface area contributed by atoms with Crippen LogP contribution in [0, 0.1) is 6.92 Å². The fraction of sp³-hybridized carbons (Fsp3) is 0.435. The van der Waals surface area contributed by atoms with Crippen molar-refractivity contribution in [1.29, 1.82) is 0 Å². The third kappa shape index (κ3) is 4.49. The zero-order valence-corrected chi connectivity index (χ0v) is 17.2. The second-order valence-electron chi connectivity index (χ2n) is 7.86. The fourth-order valence-corrected chi connectivity index (χ4v) is 4.74. The van der Waals surface area contributed by atoms with Gasteiger partial charge in [0.25, 0.3) is 0 Å². The Morgan fingerprint density at radius 2 is 1.59 bits per heavy atom. The highest BCUT2D eigenvalue weighted by molar-refractivity contribution is 7.91. The SMILES string of the molecule is Cc1ccc(CC(=O)c2ccc(CS(=O)(=O)C(C)C)cc2)c2c1CCCC2. The van der Waals surface area contributed by atoms with Gasteiger partial charge in [-0.3, -0.25) is 4.79 Å². The lowest BCUT2D eigenvalue weighted by Crippen LogP contribution is -2.16. The average molecular weight is 385 g/mol. The number of rotatable bonds is 6. The third-order valence-electron chi connectivity index (χ3n) is 5.58. The van der Waals surface area contributed by atoms with Crippen LogP contribution in [-0.2, 0) is 34.9 Å². The number of sulfone groups is 1. The number of carbonyl (C=O) groups excluding carboxylic acids is 1. The van der Waals surface area contributed by atoms with Crippen LogP contribution in [0.25, 0.3) is 0 Å². The number of carbonyl (C=O) groups is 1. The Balaban J connectivity index is 1.76. The van der Waals surface area contributed by atoms with E-state index in [1.165, 1.54) is 29.5 Å². The molecule has 0 saturated carbocycles. The van der Waals surface area contributed by atoms with Crippen LogP contribution in [0.3, 0.4) is 0 Å². The number of Topliss-reactive ketones (excluding diaryl/α,β-unsaturated/α-hetero) is 1. The molecule has 0 spiro atoms. The van der Waals surface area contributed by atoms with Gasteiger partial charge >= 0.3 is 0 Å². The largest absolute Gasteiger partial charge is 0.294 e. The van der Waals surface area contributed by atoms with Crippen molar-refractivity contribution in [2.24, 2.45) is 0 Å². The van der Waals surface area contributed by atoms with Crippen molar-refractivity contribution in [2.45, 2.75) is 63.9 Å².